The Balaban J connectivity index is 2.05. The zero-order valence-corrected chi connectivity index (χ0v) is 8.63. The molecule has 0 saturated heterocycles. The van der Waals surface area contributed by atoms with Crippen molar-refractivity contribution in [3.8, 4) is 0 Å². The van der Waals surface area contributed by atoms with Gasteiger partial charge in [0.25, 0.3) is 5.22 Å². The third-order valence-corrected chi connectivity index (χ3v) is 2.68. The van der Waals surface area contributed by atoms with E-state index in [0.29, 0.717) is 16.7 Å². The molecule has 1 heterocycles. The van der Waals surface area contributed by atoms with Crippen molar-refractivity contribution < 1.29 is 8.81 Å². The lowest BCUT2D eigenvalue weighted by molar-refractivity contribution is 0.454. The first-order chi connectivity index (χ1) is 7.24. The van der Waals surface area contributed by atoms with Gasteiger partial charge in [-0.05, 0) is 23.8 Å². The Morgan fingerprint density at radius 1 is 1.40 bits per heavy atom. The zero-order chi connectivity index (χ0) is 10.7. The minimum absolute atomic E-state index is 0.321. The number of benzene rings is 1. The normalized spacial score (nSPS) is 10.5. The minimum Gasteiger partial charge on any atom is -0.440 e. The first-order valence-corrected chi connectivity index (χ1v) is 5.30. The first-order valence-electron chi connectivity index (χ1n) is 4.31. The molecular weight excluding hydrogens is 215 g/mol. The van der Waals surface area contributed by atoms with Gasteiger partial charge in [-0.1, -0.05) is 11.8 Å². The second-order valence-corrected chi connectivity index (χ2v) is 3.91. The van der Waals surface area contributed by atoms with Crippen LogP contribution >= 0.6 is 11.8 Å². The van der Waals surface area contributed by atoms with Gasteiger partial charge in [0.2, 0.25) is 0 Å². The van der Waals surface area contributed by atoms with Crippen LogP contribution in [0.3, 0.4) is 0 Å². The summed E-state index contributed by atoms with van der Waals surface area (Å²) < 4.78 is 18.0. The second kappa shape index (κ2) is 4.35. The van der Waals surface area contributed by atoms with Gasteiger partial charge in [0.05, 0.1) is 6.20 Å². The lowest BCUT2D eigenvalue weighted by Crippen LogP contribution is -1.90. The van der Waals surface area contributed by atoms with Crippen molar-refractivity contribution in [3.63, 3.8) is 0 Å². The average Bonchev–Trinajstić information content (AvgIpc) is 2.65. The smallest absolute Gasteiger partial charge is 0.255 e. The number of halogens is 1. The number of hydrogen-bond acceptors (Lipinski definition) is 4. The van der Waals surface area contributed by atoms with E-state index in [4.69, 9.17) is 10.2 Å². The fourth-order valence-corrected chi connectivity index (χ4v) is 1.90. The van der Waals surface area contributed by atoms with Crippen LogP contribution in [0.5, 0.6) is 0 Å². The van der Waals surface area contributed by atoms with Crippen LogP contribution in [-0.4, -0.2) is 4.98 Å². The predicted octanol–water partition coefficient (Wildman–Crippen LogP) is 2.69. The monoisotopic (exact) mass is 224 g/mol. The van der Waals surface area contributed by atoms with E-state index >= 15 is 0 Å². The summed E-state index contributed by atoms with van der Waals surface area (Å²) >= 11 is 1.40. The lowest BCUT2D eigenvalue weighted by atomic mass is 10.2. The molecule has 3 nitrogen and oxygen atoms in total. The number of oxazole rings is 1. The molecule has 0 aliphatic heterocycles. The van der Waals surface area contributed by atoms with E-state index in [1.807, 2.05) is 0 Å². The van der Waals surface area contributed by atoms with E-state index in [2.05, 4.69) is 4.98 Å². The van der Waals surface area contributed by atoms with Crippen molar-refractivity contribution in [3.05, 3.63) is 42.0 Å². The largest absolute Gasteiger partial charge is 0.440 e. The fourth-order valence-electron chi connectivity index (χ4n) is 1.19. The molecule has 0 fully saturated rings. The molecule has 15 heavy (non-hydrogen) atoms. The van der Waals surface area contributed by atoms with E-state index in [1.165, 1.54) is 30.2 Å². The number of hydrogen-bond donors (Lipinski definition) is 1. The molecule has 0 aliphatic carbocycles. The highest BCUT2D eigenvalue weighted by Crippen LogP contribution is 2.22. The summed E-state index contributed by atoms with van der Waals surface area (Å²) in [6.07, 6.45) is 3.07. The zero-order valence-electron chi connectivity index (χ0n) is 7.81. The fraction of sp³-hybridized carbons (Fsp3) is 0.100. The minimum atomic E-state index is -0.321. The Hall–Kier alpha value is -1.49. The molecule has 78 valence electrons. The molecule has 0 spiro atoms. The number of rotatable bonds is 3. The van der Waals surface area contributed by atoms with E-state index in [1.54, 1.807) is 12.3 Å². The predicted molar refractivity (Wildman–Crippen MR) is 56.9 cm³/mol. The van der Waals surface area contributed by atoms with Crippen molar-refractivity contribution in [1.82, 2.24) is 4.98 Å². The standard InChI is InChI=1S/C10H9FN2OS/c11-8-3-7(4-9(12)5-8)6-15-10-13-1-2-14-10/h1-5H,6,12H2. The van der Waals surface area contributed by atoms with Gasteiger partial charge in [-0.2, -0.15) is 0 Å². The number of aromatic nitrogens is 1. The maximum absolute atomic E-state index is 13.0. The molecule has 0 saturated carbocycles. The summed E-state index contributed by atoms with van der Waals surface area (Å²) in [6, 6.07) is 4.48. The van der Waals surface area contributed by atoms with Crippen molar-refractivity contribution in [2.45, 2.75) is 11.0 Å². The van der Waals surface area contributed by atoms with Gasteiger partial charge in [0, 0.05) is 11.4 Å². The average molecular weight is 224 g/mol. The van der Waals surface area contributed by atoms with Crippen molar-refractivity contribution in [2.75, 3.05) is 5.73 Å². The van der Waals surface area contributed by atoms with Crippen LogP contribution in [0.15, 0.2) is 40.3 Å². The summed E-state index contributed by atoms with van der Waals surface area (Å²) in [5, 5.41) is 0.567. The van der Waals surface area contributed by atoms with Crippen molar-refractivity contribution in [2.24, 2.45) is 0 Å². The molecule has 1 aromatic carbocycles. The molecule has 0 bridgehead atoms. The molecule has 0 aliphatic rings. The van der Waals surface area contributed by atoms with Crippen molar-refractivity contribution >= 4 is 17.4 Å². The van der Waals surface area contributed by atoms with Crippen molar-refractivity contribution in [1.29, 1.82) is 0 Å². The molecule has 2 rings (SSSR count). The van der Waals surface area contributed by atoms with Crippen LogP contribution in [0.2, 0.25) is 0 Å². The van der Waals surface area contributed by atoms with Gasteiger partial charge in [-0.15, -0.1) is 0 Å². The molecule has 2 aromatic rings. The second-order valence-electron chi connectivity index (χ2n) is 2.98. The summed E-state index contributed by atoms with van der Waals surface area (Å²) in [5.74, 6) is 0.264. The number of thioether (sulfide) groups is 1. The topological polar surface area (TPSA) is 52.0 Å². The Labute approximate surface area is 90.5 Å². The van der Waals surface area contributed by atoms with Crippen LogP contribution in [0.25, 0.3) is 0 Å². The van der Waals surface area contributed by atoms with Crippen LogP contribution < -0.4 is 5.73 Å². The number of nitrogens with zero attached hydrogens (tertiary/aromatic N) is 1. The van der Waals surface area contributed by atoms with E-state index < -0.39 is 0 Å². The van der Waals surface area contributed by atoms with Gasteiger partial charge in [0.1, 0.15) is 12.1 Å². The quantitative estimate of drug-likeness (QED) is 0.643. The van der Waals surface area contributed by atoms with Crippen LogP contribution in [-0.2, 0) is 5.75 Å². The maximum Gasteiger partial charge on any atom is 0.255 e. The molecular formula is C10H9FN2OS. The molecule has 0 amide bonds. The van der Waals surface area contributed by atoms with E-state index in [9.17, 15) is 4.39 Å². The third kappa shape index (κ3) is 2.73. The van der Waals surface area contributed by atoms with Gasteiger partial charge < -0.3 is 10.2 Å². The van der Waals surface area contributed by atoms with E-state index in [-0.39, 0.29) is 5.82 Å². The van der Waals surface area contributed by atoms with Gasteiger partial charge in [-0.3, -0.25) is 0 Å². The summed E-state index contributed by atoms with van der Waals surface area (Å²) in [4.78, 5) is 3.95. The number of anilines is 1. The van der Waals surface area contributed by atoms with Gasteiger partial charge >= 0.3 is 0 Å². The Bertz CT molecular complexity index is 424. The molecule has 1 aromatic heterocycles. The third-order valence-electron chi connectivity index (χ3n) is 1.75. The Morgan fingerprint density at radius 2 is 2.27 bits per heavy atom. The molecule has 2 N–H and O–H groups in total. The number of nitrogens with two attached hydrogens (primary N) is 1. The van der Waals surface area contributed by atoms with Crippen LogP contribution in [0.1, 0.15) is 5.56 Å². The van der Waals surface area contributed by atoms with Crippen LogP contribution in [0, 0.1) is 5.82 Å². The summed E-state index contributed by atoms with van der Waals surface area (Å²) in [5.41, 5.74) is 6.76. The maximum atomic E-state index is 13.0. The summed E-state index contributed by atoms with van der Waals surface area (Å²) in [7, 11) is 0. The summed E-state index contributed by atoms with van der Waals surface area (Å²) in [6.45, 7) is 0. The molecule has 5 heteroatoms. The first kappa shape index (κ1) is 10.0. The molecule has 0 unspecified atom stereocenters. The van der Waals surface area contributed by atoms with E-state index in [0.717, 1.165) is 5.56 Å². The molecule has 0 atom stereocenters. The van der Waals surface area contributed by atoms with Gasteiger partial charge in [0.15, 0.2) is 0 Å². The van der Waals surface area contributed by atoms with Gasteiger partial charge in [-0.25, -0.2) is 9.37 Å². The van der Waals surface area contributed by atoms with Crippen LogP contribution in [0.4, 0.5) is 10.1 Å². The highest BCUT2D eigenvalue weighted by Gasteiger charge is 2.02. The highest BCUT2D eigenvalue weighted by atomic mass is 32.2. The Kier molecular flexibility index (Phi) is 2.91. The SMILES string of the molecule is Nc1cc(F)cc(CSc2ncco2)c1. The lowest BCUT2D eigenvalue weighted by Gasteiger charge is -2.01. The Morgan fingerprint density at radius 3 is 2.93 bits per heavy atom. The molecule has 0 radical (unpaired) electrons. The number of nitrogen functional groups attached to an aromatic ring is 1. The highest BCUT2D eigenvalue weighted by molar-refractivity contribution is 7.98.